The van der Waals surface area contributed by atoms with Crippen molar-refractivity contribution in [3.63, 3.8) is 0 Å². The Morgan fingerprint density at radius 2 is 0.859 bits per heavy atom. The second kappa shape index (κ2) is 15.0. The molecule has 0 unspecified atom stereocenters. The Kier molecular flexibility index (Phi) is 8.84. The van der Waals surface area contributed by atoms with Crippen molar-refractivity contribution in [3.05, 3.63) is 236 Å². The first-order chi connectivity index (χ1) is 31.5. The average Bonchev–Trinajstić information content (AvgIpc) is 3.59. The lowest BCUT2D eigenvalue weighted by Crippen LogP contribution is -2.16. The molecule has 1 aliphatic rings. The van der Waals surface area contributed by atoms with Gasteiger partial charge in [0.15, 0.2) is 0 Å². The maximum atomic E-state index is 5.45. The van der Waals surface area contributed by atoms with Crippen molar-refractivity contribution in [2.45, 2.75) is 19.3 Å². The van der Waals surface area contributed by atoms with Gasteiger partial charge < -0.3 is 4.90 Å². The first kappa shape index (κ1) is 37.6. The van der Waals surface area contributed by atoms with E-state index in [9.17, 15) is 0 Å². The van der Waals surface area contributed by atoms with Crippen LogP contribution in [-0.2, 0) is 5.41 Å². The molecule has 0 bridgehead atoms. The highest BCUT2D eigenvalue weighted by atomic mass is 15.1. The van der Waals surface area contributed by atoms with Crippen LogP contribution in [0.25, 0.3) is 88.5 Å². The molecule has 12 rings (SSSR count). The van der Waals surface area contributed by atoms with E-state index in [0.29, 0.717) is 0 Å². The van der Waals surface area contributed by atoms with Gasteiger partial charge in [0.05, 0.1) is 22.4 Å². The summed E-state index contributed by atoms with van der Waals surface area (Å²) in [6, 6.07) is 80.8. The average molecular weight is 818 g/mol. The summed E-state index contributed by atoms with van der Waals surface area (Å²) < 4.78 is 0. The summed E-state index contributed by atoms with van der Waals surface area (Å²) in [6.07, 6.45) is 0. The molecule has 1 aliphatic carbocycles. The van der Waals surface area contributed by atoms with E-state index in [1.54, 1.807) is 0 Å². The fourth-order valence-electron chi connectivity index (χ4n) is 9.96. The quantitative estimate of drug-likeness (QED) is 0.150. The summed E-state index contributed by atoms with van der Waals surface area (Å²) in [7, 11) is 0. The third-order valence-electron chi connectivity index (χ3n) is 13.2. The maximum absolute atomic E-state index is 5.45. The Balaban J connectivity index is 0.945. The van der Waals surface area contributed by atoms with Crippen LogP contribution >= 0.6 is 0 Å². The van der Waals surface area contributed by atoms with Crippen molar-refractivity contribution >= 4 is 49.6 Å². The summed E-state index contributed by atoms with van der Waals surface area (Å²) in [5, 5.41) is 4.60. The summed E-state index contributed by atoms with van der Waals surface area (Å²) in [4.78, 5) is 13.1. The molecule has 0 spiro atoms. The fourth-order valence-corrected chi connectivity index (χ4v) is 9.96. The van der Waals surface area contributed by atoms with Crippen LogP contribution in [0.1, 0.15) is 25.0 Å². The highest BCUT2D eigenvalue weighted by Gasteiger charge is 2.35. The Morgan fingerprint density at radius 1 is 0.359 bits per heavy atom. The van der Waals surface area contributed by atoms with Crippen molar-refractivity contribution in [2.24, 2.45) is 0 Å². The molecule has 0 radical (unpaired) electrons. The van der Waals surface area contributed by atoms with Crippen LogP contribution in [0.3, 0.4) is 0 Å². The molecule has 1 aromatic heterocycles. The van der Waals surface area contributed by atoms with E-state index in [1.165, 1.54) is 38.8 Å². The molecule has 10 aromatic carbocycles. The molecule has 0 saturated heterocycles. The minimum absolute atomic E-state index is 0.107. The highest BCUT2D eigenvalue weighted by Crippen LogP contribution is 2.51. The minimum Gasteiger partial charge on any atom is -0.310 e. The zero-order chi connectivity index (χ0) is 42.8. The van der Waals surface area contributed by atoms with Crippen molar-refractivity contribution < 1.29 is 0 Å². The third-order valence-corrected chi connectivity index (χ3v) is 13.2. The SMILES string of the molecule is CC1(C)c2ccccc2-c2ccc(N(c3ccc(-c4ccccc4)cc3)c3ccc(-c4ccc5c(ccc6ccc7nc(-c8ccccc8)c(-c8ccccc8)nc7c65)c4)cc3)cc21. The number of aromatic nitrogens is 2. The van der Waals surface area contributed by atoms with E-state index >= 15 is 0 Å². The molecule has 11 aromatic rings. The Bertz CT molecular complexity index is 3540. The van der Waals surface area contributed by atoms with Crippen molar-refractivity contribution in [1.82, 2.24) is 9.97 Å². The van der Waals surface area contributed by atoms with Gasteiger partial charge in [0.2, 0.25) is 0 Å². The van der Waals surface area contributed by atoms with E-state index in [1.807, 2.05) is 12.1 Å². The first-order valence-electron chi connectivity index (χ1n) is 22.1. The monoisotopic (exact) mass is 817 g/mol. The Labute approximate surface area is 373 Å². The van der Waals surface area contributed by atoms with Gasteiger partial charge in [0.1, 0.15) is 0 Å². The number of anilines is 3. The number of benzene rings is 10. The number of hydrogen-bond donors (Lipinski definition) is 0. The topological polar surface area (TPSA) is 29.0 Å². The first-order valence-corrected chi connectivity index (χ1v) is 22.1. The molecular weight excluding hydrogens is 775 g/mol. The molecule has 3 heteroatoms. The van der Waals surface area contributed by atoms with E-state index in [0.717, 1.165) is 77.9 Å². The Hall–Kier alpha value is -8.14. The number of rotatable bonds is 7. The van der Waals surface area contributed by atoms with Crippen LogP contribution in [-0.4, -0.2) is 9.97 Å². The molecule has 64 heavy (non-hydrogen) atoms. The molecule has 0 saturated carbocycles. The van der Waals surface area contributed by atoms with Crippen molar-refractivity contribution in [2.75, 3.05) is 4.90 Å². The number of nitrogens with zero attached hydrogens (tertiary/aromatic N) is 3. The van der Waals surface area contributed by atoms with Gasteiger partial charge >= 0.3 is 0 Å². The molecular formula is C61H43N3. The van der Waals surface area contributed by atoms with Crippen LogP contribution < -0.4 is 4.90 Å². The lowest BCUT2D eigenvalue weighted by Gasteiger charge is -2.28. The van der Waals surface area contributed by atoms with Gasteiger partial charge in [-0.05, 0) is 109 Å². The third kappa shape index (κ3) is 6.28. The van der Waals surface area contributed by atoms with Crippen LogP contribution in [0.4, 0.5) is 17.1 Å². The second-order valence-electron chi connectivity index (χ2n) is 17.4. The highest BCUT2D eigenvalue weighted by molar-refractivity contribution is 6.19. The smallest absolute Gasteiger partial charge is 0.0979 e. The predicted octanol–water partition coefficient (Wildman–Crippen LogP) is 16.4. The van der Waals surface area contributed by atoms with Crippen LogP contribution in [0.5, 0.6) is 0 Å². The van der Waals surface area contributed by atoms with Gasteiger partial charge in [-0.15, -0.1) is 0 Å². The molecule has 0 N–H and O–H groups in total. The van der Waals surface area contributed by atoms with Gasteiger partial charge in [-0.2, -0.15) is 0 Å². The summed E-state index contributed by atoms with van der Waals surface area (Å²) >= 11 is 0. The lowest BCUT2D eigenvalue weighted by atomic mass is 9.82. The van der Waals surface area contributed by atoms with Crippen LogP contribution in [0.15, 0.2) is 224 Å². The summed E-state index contributed by atoms with van der Waals surface area (Å²) in [5.74, 6) is 0. The van der Waals surface area contributed by atoms with Crippen molar-refractivity contribution in [3.8, 4) is 55.9 Å². The van der Waals surface area contributed by atoms with Crippen molar-refractivity contribution in [1.29, 1.82) is 0 Å². The molecule has 0 atom stereocenters. The molecule has 1 heterocycles. The summed E-state index contributed by atoms with van der Waals surface area (Å²) in [5.41, 5.74) is 19.0. The molecule has 0 fully saturated rings. The normalized spacial score (nSPS) is 12.7. The van der Waals surface area contributed by atoms with Gasteiger partial charge in [-0.1, -0.05) is 190 Å². The molecule has 302 valence electrons. The van der Waals surface area contributed by atoms with Gasteiger partial charge in [0.25, 0.3) is 0 Å². The van der Waals surface area contributed by atoms with E-state index < -0.39 is 0 Å². The molecule has 0 aliphatic heterocycles. The van der Waals surface area contributed by atoms with Crippen LogP contribution in [0.2, 0.25) is 0 Å². The fraction of sp³-hybridized carbons (Fsp3) is 0.0492. The number of hydrogen-bond acceptors (Lipinski definition) is 3. The molecule has 0 amide bonds. The van der Waals surface area contributed by atoms with Gasteiger partial charge in [-0.25, -0.2) is 9.97 Å². The van der Waals surface area contributed by atoms with E-state index in [4.69, 9.17) is 9.97 Å². The summed E-state index contributed by atoms with van der Waals surface area (Å²) in [6.45, 7) is 4.70. The lowest BCUT2D eigenvalue weighted by molar-refractivity contribution is 0.660. The Morgan fingerprint density at radius 3 is 1.53 bits per heavy atom. The van der Waals surface area contributed by atoms with E-state index in [2.05, 4.69) is 231 Å². The van der Waals surface area contributed by atoms with Gasteiger partial charge in [-0.3, -0.25) is 0 Å². The van der Waals surface area contributed by atoms with E-state index in [-0.39, 0.29) is 5.41 Å². The predicted molar refractivity (Wildman–Crippen MR) is 269 cm³/mol. The maximum Gasteiger partial charge on any atom is 0.0979 e. The zero-order valence-electron chi connectivity index (χ0n) is 35.7. The standard InChI is InChI=1S/C61H43N3/c1-61(2)54-21-13-12-20-52(54)53-36-34-50(39-55(53)61)64(48-30-24-41(25-31-48)40-14-6-3-7-15-40)49-32-26-42(27-33-49)46-28-35-51-47(38-46)23-22-43-29-37-56-60(57(43)51)63-59(45-18-10-5-11-19-45)58(62-56)44-16-8-4-9-17-44/h3-39H,1-2H3. The minimum atomic E-state index is -0.107. The second-order valence-corrected chi connectivity index (χ2v) is 17.4. The van der Waals surface area contributed by atoms with Gasteiger partial charge in [0, 0.05) is 39.0 Å². The van der Waals surface area contributed by atoms with Crippen LogP contribution in [0, 0.1) is 0 Å². The number of fused-ring (bicyclic) bond motifs is 8. The molecule has 3 nitrogen and oxygen atoms in total. The largest absolute Gasteiger partial charge is 0.310 e. The zero-order valence-corrected chi connectivity index (χ0v) is 35.7.